The maximum atomic E-state index is 14.4. The highest BCUT2D eigenvalue weighted by atomic mass is 19.1. The average molecular weight is 461 g/mol. The Morgan fingerprint density at radius 3 is 2.82 bits per heavy atom. The number of aryl methyl sites for hydroxylation is 1. The van der Waals surface area contributed by atoms with Crippen molar-refractivity contribution >= 4 is 34.4 Å². The predicted octanol–water partition coefficient (Wildman–Crippen LogP) is 5.45. The second kappa shape index (κ2) is 9.11. The quantitative estimate of drug-likeness (QED) is 0.397. The molecular formula is C25H24FN5O3. The van der Waals surface area contributed by atoms with Gasteiger partial charge in [0.25, 0.3) is 0 Å². The normalized spacial score (nSPS) is 15.4. The molecule has 1 atom stereocenters. The Morgan fingerprint density at radius 2 is 2.03 bits per heavy atom. The van der Waals surface area contributed by atoms with Gasteiger partial charge in [-0.05, 0) is 49.2 Å². The van der Waals surface area contributed by atoms with Crippen molar-refractivity contribution in [1.82, 2.24) is 14.5 Å². The van der Waals surface area contributed by atoms with Crippen LogP contribution in [0.4, 0.5) is 21.8 Å². The molecule has 34 heavy (non-hydrogen) atoms. The molecule has 5 rings (SSSR count). The Kier molecular flexibility index (Phi) is 5.85. The number of benzene rings is 2. The molecule has 0 bridgehead atoms. The number of carbonyl (C=O) groups excluding carboxylic acids is 1. The zero-order chi connectivity index (χ0) is 23.7. The number of pyridine rings is 1. The van der Waals surface area contributed by atoms with E-state index in [2.05, 4.69) is 15.6 Å². The fourth-order valence-corrected chi connectivity index (χ4v) is 4.03. The van der Waals surface area contributed by atoms with E-state index in [0.29, 0.717) is 35.4 Å². The number of fused-ring (bicyclic) bond motifs is 1. The van der Waals surface area contributed by atoms with Gasteiger partial charge in [0.2, 0.25) is 11.9 Å². The van der Waals surface area contributed by atoms with E-state index in [1.807, 2.05) is 29.8 Å². The topological polar surface area (TPSA) is 90.3 Å². The third-order valence-electron chi connectivity index (χ3n) is 5.65. The Bertz CT molecular complexity index is 1360. The Balaban J connectivity index is 1.38. The third kappa shape index (κ3) is 4.55. The van der Waals surface area contributed by atoms with Crippen molar-refractivity contribution in [1.29, 1.82) is 0 Å². The summed E-state index contributed by atoms with van der Waals surface area (Å²) in [7, 11) is 1.91. The van der Waals surface area contributed by atoms with Crippen LogP contribution in [0.5, 0.6) is 11.5 Å². The highest BCUT2D eigenvalue weighted by Gasteiger charge is 2.21. The number of aromatic nitrogens is 3. The molecule has 9 heteroatoms. The maximum Gasteiger partial charge on any atom is 0.222 e. The van der Waals surface area contributed by atoms with E-state index in [-0.39, 0.29) is 17.8 Å². The molecule has 1 fully saturated rings. The molecule has 2 N–H and O–H groups in total. The van der Waals surface area contributed by atoms with Gasteiger partial charge in [-0.25, -0.2) is 14.4 Å². The molecule has 1 unspecified atom stereocenters. The van der Waals surface area contributed by atoms with Crippen LogP contribution in [0.1, 0.15) is 31.4 Å². The van der Waals surface area contributed by atoms with E-state index in [9.17, 15) is 9.18 Å². The van der Waals surface area contributed by atoms with Crippen LogP contribution in [0.25, 0.3) is 11.0 Å². The van der Waals surface area contributed by atoms with Crippen molar-refractivity contribution in [3.05, 3.63) is 66.1 Å². The molecule has 1 aliphatic rings. The van der Waals surface area contributed by atoms with Crippen molar-refractivity contribution in [2.24, 2.45) is 7.05 Å². The van der Waals surface area contributed by atoms with Gasteiger partial charge in [0, 0.05) is 50.2 Å². The van der Waals surface area contributed by atoms with E-state index < -0.39 is 0 Å². The Morgan fingerprint density at radius 1 is 1.18 bits per heavy atom. The van der Waals surface area contributed by atoms with Crippen LogP contribution in [0.3, 0.4) is 0 Å². The summed E-state index contributed by atoms with van der Waals surface area (Å²) < 4.78 is 27.9. The Labute approximate surface area is 195 Å². The van der Waals surface area contributed by atoms with E-state index in [1.165, 1.54) is 13.0 Å². The lowest BCUT2D eigenvalue weighted by Crippen LogP contribution is -2.07. The number of rotatable bonds is 6. The predicted molar refractivity (Wildman–Crippen MR) is 127 cm³/mol. The van der Waals surface area contributed by atoms with Crippen LogP contribution >= 0.6 is 0 Å². The number of nitrogens with one attached hydrogen (secondary N) is 2. The van der Waals surface area contributed by atoms with Crippen LogP contribution in [0.2, 0.25) is 0 Å². The second-order valence-corrected chi connectivity index (χ2v) is 8.17. The van der Waals surface area contributed by atoms with Gasteiger partial charge in [-0.3, -0.25) is 4.79 Å². The molecule has 0 saturated carbocycles. The molecule has 0 aliphatic carbocycles. The van der Waals surface area contributed by atoms with Gasteiger partial charge < -0.3 is 24.7 Å². The summed E-state index contributed by atoms with van der Waals surface area (Å²) in [6.45, 7) is 2.08. The SMILES string of the molecule is CC(=O)Nc1cc(Oc2ccc3c(c2)nc(Nc2ccc(F)c(C4CCCO4)c2)n3C)ccn1. The first-order chi connectivity index (χ1) is 16.5. The van der Waals surface area contributed by atoms with E-state index in [0.717, 1.165) is 29.6 Å². The molecule has 174 valence electrons. The highest BCUT2D eigenvalue weighted by molar-refractivity contribution is 5.87. The van der Waals surface area contributed by atoms with Crippen molar-refractivity contribution < 1.29 is 18.7 Å². The zero-order valence-corrected chi connectivity index (χ0v) is 18.8. The number of hydrogen-bond acceptors (Lipinski definition) is 6. The van der Waals surface area contributed by atoms with Crippen LogP contribution in [0, 0.1) is 5.82 Å². The number of carbonyl (C=O) groups is 1. The van der Waals surface area contributed by atoms with E-state index >= 15 is 0 Å². The summed E-state index contributed by atoms with van der Waals surface area (Å²) in [5.74, 6) is 1.71. The number of hydrogen-bond donors (Lipinski definition) is 2. The molecular weight excluding hydrogens is 437 g/mol. The summed E-state index contributed by atoms with van der Waals surface area (Å²) in [4.78, 5) is 20.1. The van der Waals surface area contributed by atoms with Crippen molar-refractivity contribution in [3.63, 3.8) is 0 Å². The number of anilines is 3. The van der Waals surface area contributed by atoms with Crippen LogP contribution < -0.4 is 15.4 Å². The summed E-state index contributed by atoms with van der Waals surface area (Å²) >= 11 is 0. The molecule has 1 aliphatic heterocycles. The first kappa shape index (κ1) is 21.8. The standard InChI is InChI=1S/C25H24FN5O3/c1-15(32)28-24-14-18(9-10-27-24)34-17-6-8-22-21(13-17)30-25(31(22)2)29-16-5-7-20(26)19(12-16)23-4-3-11-33-23/h5-10,12-14,23H,3-4,11H2,1-2H3,(H,29,30)(H,27,28,32). The highest BCUT2D eigenvalue weighted by Crippen LogP contribution is 2.33. The molecule has 0 spiro atoms. The fourth-order valence-electron chi connectivity index (χ4n) is 4.03. The van der Waals surface area contributed by atoms with Gasteiger partial charge in [0.15, 0.2) is 0 Å². The number of halogens is 1. The van der Waals surface area contributed by atoms with Crippen LogP contribution in [-0.4, -0.2) is 27.0 Å². The van der Waals surface area contributed by atoms with Crippen LogP contribution in [-0.2, 0) is 16.6 Å². The van der Waals surface area contributed by atoms with Crippen molar-refractivity contribution in [3.8, 4) is 11.5 Å². The third-order valence-corrected chi connectivity index (χ3v) is 5.65. The number of imidazole rings is 1. The van der Waals surface area contributed by atoms with Gasteiger partial charge in [0.1, 0.15) is 23.1 Å². The van der Waals surface area contributed by atoms with Gasteiger partial charge in [0.05, 0.1) is 17.1 Å². The zero-order valence-electron chi connectivity index (χ0n) is 18.8. The van der Waals surface area contributed by atoms with Crippen LogP contribution in [0.15, 0.2) is 54.7 Å². The molecule has 0 radical (unpaired) electrons. The van der Waals surface area contributed by atoms with Crippen molar-refractivity contribution in [2.45, 2.75) is 25.9 Å². The summed E-state index contributed by atoms with van der Waals surface area (Å²) in [5, 5.41) is 5.92. The lowest BCUT2D eigenvalue weighted by molar-refractivity contribution is -0.114. The number of ether oxygens (including phenoxy) is 2. The minimum atomic E-state index is -0.262. The fraction of sp³-hybridized carbons (Fsp3) is 0.240. The lowest BCUT2D eigenvalue weighted by atomic mass is 10.1. The largest absolute Gasteiger partial charge is 0.457 e. The average Bonchev–Trinajstić information content (AvgIpc) is 3.44. The maximum absolute atomic E-state index is 14.4. The Hall–Kier alpha value is -3.98. The van der Waals surface area contributed by atoms with Gasteiger partial charge in [-0.15, -0.1) is 0 Å². The summed E-state index contributed by atoms with van der Waals surface area (Å²) in [6, 6.07) is 13.9. The minimum absolute atomic E-state index is 0.205. The second-order valence-electron chi connectivity index (χ2n) is 8.17. The molecule has 1 saturated heterocycles. The first-order valence-electron chi connectivity index (χ1n) is 11.0. The summed E-state index contributed by atoms with van der Waals surface area (Å²) in [6.07, 6.45) is 3.11. The lowest BCUT2D eigenvalue weighted by Gasteiger charge is -2.13. The molecule has 3 heterocycles. The number of nitrogens with zero attached hydrogens (tertiary/aromatic N) is 3. The van der Waals surface area contributed by atoms with Gasteiger partial charge >= 0.3 is 0 Å². The molecule has 2 aromatic heterocycles. The first-order valence-corrected chi connectivity index (χ1v) is 11.0. The van der Waals surface area contributed by atoms with Gasteiger partial charge in [-0.1, -0.05) is 0 Å². The number of amides is 1. The molecule has 8 nitrogen and oxygen atoms in total. The van der Waals surface area contributed by atoms with Crippen molar-refractivity contribution in [2.75, 3.05) is 17.2 Å². The monoisotopic (exact) mass is 461 g/mol. The smallest absolute Gasteiger partial charge is 0.222 e. The minimum Gasteiger partial charge on any atom is -0.457 e. The summed E-state index contributed by atoms with van der Waals surface area (Å²) in [5.41, 5.74) is 2.95. The van der Waals surface area contributed by atoms with E-state index in [1.54, 1.807) is 30.5 Å². The molecule has 2 aromatic carbocycles. The van der Waals surface area contributed by atoms with E-state index in [4.69, 9.17) is 14.5 Å². The van der Waals surface area contributed by atoms with Gasteiger partial charge in [-0.2, -0.15) is 0 Å². The molecule has 1 amide bonds. The molecule has 4 aromatic rings.